The van der Waals surface area contributed by atoms with Crippen LogP contribution in [0.3, 0.4) is 0 Å². The third kappa shape index (κ3) is 2.15. The van der Waals surface area contributed by atoms with E-state index in [0.29, 0.717) is 12.5 Å². The van der Waals surface area contributed by atoms with E-state index < -0.39 is 0 Å². The van der Waals surface area contributed by atoms with E-state index in [1.165, 1.54) is 31.6 Å². The Hall–Kier alpha value is -0.830. The summed E-state index contributed by atoms with van der Waals surface area (Å²) < 4.78 is 0. The summed E-state index contributed by atoms with van der Waals surface area (Å²) in [5.74, 6) is 0.700. The summed E-state index contributed by atoms with van der Waals surface area (Å²) in [6.07, 6.45) is 6.50. The number of allylic oxidation sites excluding steroid dienone is 1. The van der Waals surface area contributed by atoms with Crippen molar-refractivity contribution < 1.29 is 4.84 Å². The average Bonchev–Trinajstić information content (AvgIpc) is 2.26. The van der Waals surface area contributed by atoms with Gasteiger partial charge < -0.3 is 4.84 Å². The number of nitrogens with zero attached hydrogens (tertiary/aromatic N) is 2. The predicted octanol–water partition coefficient (Wildman–Crippen LogP) is 1.66. The molecule has 0 spiro atoms. The highest BCUT2D eigenvalue weighted by atomic mass is 16.6. The van der Waals surface area contributed by atoms with Gasteiger partial charge in [-0.15, -0.1) is 0 Å². The summed E-state index contributed by atoms with van der Waals surface area (Å²) in [4.78, 5) is 7.70. The molecule has 78 valence electrons. The standard InChI is InChI=1S/C11H18N2O/c1-2-3-8-14-12-11-9-13-6-4-10(11)5-7-13/h2-3,10H,4-9H2,1H3/b3-2?,12-11+. The van der Waals surface area contributed by atoms with Crippen LogP contribution >= 0.6 is 0 Å². The summed E-state index contributed by atoms with van der Waals surface area (Å²) in [6, 6.07) is 0. The van der Waals surface area contributed by atoms with Crippen molar-refractivity contribution in [1.29, 1.82) is 0 Å². The molecule has 3 heteroatoms. The molecule has 2 bridgehead atoms. The van der Waals surface area contributed by atoms with E-state index >= 15 is 0 Å². The molecule has 0 amide bonds. The molecule has 0 atom stereocenters. The molecule has 3 aliphatic heterocycles. The number of hydrogen-bond donors (Lipinski definition) is 0. The lowest BCUT2D eigenvalue weighted by Gasteiger charge is -2.39. The van der Waals surface area contributed by atoms with Crippen molar-refractivity contribution in [2.24, 2.45) is 11.1 Å². The van der Waals surface area contributed by atoms with Gasteiger partial charge in [-0.3, -0.25) is 4.90 Å². The van der Waals surface area contributed by atoms with E-state index in [2.05, 4.69) is 10.1 Å². The first kappa shape index (κ1) is 9.71. The van der Waals surface area contributed by atoms with Crippen molar-refractivity contribution >= 4 is 5.71 Å². The van der Waals surface area contributed by atoms with E-state index in [9.17, 15) is 0 Å². The maximum absolute atomic E-state index is 5.24. The zero-order valence-electron chi connectivity index (χ0n) is 8.78. The number of piperidine rings is 3. The van der Waals surface area contributed by atoms with Crippen LogP contribution in [-0.4, -0.2) is 36.9 Å². The molecule has 0 aromatic rings. The van der Waals surface area contributed by atoms with E-state index in [1.807, 2.05) is 19.1 Å². The van der Waals surface area contributed by atoms with Crippen LogP contribution in [0.15, 0.2) is 17.3 Å². The first-order valence-corrected chi connectivity index (χ1v) is 5.42. The van der Waals surface area contributed by atoms with Crippen LogP contribution in [0, 0.1) is 5.92 Å². The summed E-state index contributed by atoms with van der Waals surface area (Å²) in [5, 5.41) is 4.23. The second-order valence-electron chi connectivity index (χ2n) is 4.00. The predicted molar refractivity (Wildman–Crippen MR) is 57.4 cm³/mol. The molecule has 0 aromatic carbocycles. The minimum Gasteiger partial charge on any atom is -0.392 e. The smallest absolute Gasteiger partial charge is 0.135 e. The van der Waals surface area contributed by atoms with Gasteiger partial charge in [0.05, 0.1) is 5.71 Å². The topological polar surface area (TPSA) is 24.8 Å². The molecule has 0 unspecified atom stereocenters. The van der Waals surface area contributed by atoms with Crippen molar-refractivity contribution in [3.05, 3.63) is 12.2 Å². The minimum atomic E-state index is 0.604. The molecule has 3 saturated heterocycles. The molecule has 0 radical (unpaired) electrons. The van der Waals surface area contributed by atoms with Crippen LogP contribution in [0.1, 0.15) is 19.8 Å². The van der Waals surface area contributed by atoms with Crippen molar-refractivity contribution in [3.63, 3.8) is 0 Å². The number of hydrogen-bond acceptors (Lipinski definition) is 3. The van der Waals surface area contributed by atoms with Gasteiger partial charge in [0.15, 0.2) is 0 Å². The van der Waals surface area contributed by atoms with Gasteiger partial charge in [-0.2, -0.15) is 0 Å². The zero-order chi connectivity index (χ0) is 9.80. The van der Waals surface area contributed by atoms with Crippen LogP contribution in [-0.2, 0) is 4.84 Å². The summed E-state index contributed by atoms with van der Waals surface area (Å²) in [7, 11) is 0. The molecule has 3 nitrogen and oxygen atoms in total. The van der Waals surface area contributed by atoms with Gasteiger partial charge in [0, 0.05) is 12.5 Å². The molecule has 0 saturated carbocycles. The molecular formula is C11H18N2O. The second kappa shape index (κ2) is 4.60. The fourth-order valence-electron chi connectivity index (χ4n) is 2.15. The van der Waals surface area contributed by atoms with Crippen LogP contribution in [0.2, 0.25) is 0 Å². The normalized spacial score (nSPS) is 34.2. The quantitative estimate of drug-likeness (QED) is 0.388. The molecule has 3 aliphatic rings. The van der Waals surface area contributed by atoms with Gasteiger partial charge in [0.25, 0.3) is 0 Å². The third-order valence-corrected chi connectivity index (χ3v) is 3.03. The van der Waals surface area contributed by atoms with Gasteiger partial charge in [0.1, 0.15) is 6.61 Å². The Labute approximate surface area is 85.4 Å². The Morgan fingerprint density at radius 3 is 2.86 bits per heavy atom. The number of oxime groups is 1. The highest BCUT2D eigenvalue weighted by Gasteiger charge is 2.31. The van der Waals surface area contributed by atoms with Gasteiger partial charge in [0.2, 0.25) is 0 Å². The van der Waals surface area contributed by atoms with Crippen molar-refractivity contribution in [3.8, 4) is 0 Å². The summed E-state index contributed by atoms with van der Waals surface area (Å²) in [6.45, 7) is 6.12. The Morgan fingerprint density at radius 2 is 2.29 bits per heavy atom. The minimum absolute atomic E-state index is 0.604. The maximum Gasteiger partial charge on any atom is 0.135 e. The highest BCUT2D eigenvalue weighted by Crippen LogP contribution is 2.25. The SMILES string of the molecule is CC=CCO/N=C1\CN2CCC1CC2. The van der Waals surface area contributed by atoms with Crippen LogP contribution in [0.4, 0.5) is 0 Å². The van der Waals surface area contributed by atoms with Crippen LogP contribution < -0.4 is 0 Å². The average molecular weight is 194 g/mol. The Bertz CT molecular complexity index is 240. The van der Waals surface area contributed by atoms with Crippen molar-refractivity contribution in [1.82, 2.24) is 4.90 Å². The van der Waals surface area contributed by atoms with E-state index in [-0.39, 0.29) is 0 Å². The Kier molecular flexibility index (Phi) is 3.19. The lowest BCUT2D eigenvalue weighted by molar-refractivity contribution is 0.151. The van der Waals surface area contributed by atoms with Gasteiger partial charge >= 0.3 is 0 Å². The van der Waals surface area contributed by atoms with Gasteiger partial charge in [-0.1, -0.05) is 11.2 Å². The van der Waals surface area contributed by atoms with Gasteiger partial charge in [-0.05, 0) is 38.9 Å². The van der Waals surface area contributed by atoms with Crippen LogP contribution in [0.25, 0.3) is 0 Å². The first-order chi connectivity index (χ1) is 6.90. The molecule has 0 N–H and O–H groups in total. The molecule has 14 heavy (non-hydrogen) atoms. The van der Waals surface area contributed by atoms with Crippen molar-refractivity contribution in [2.45, 2.75) is 19.8 Å². The maximum atomic E-state index is 5.24. The van der Waals surface area contributed by atoms with Crippen molar-refractivity contribution in [2.75, 3.05) is 26.2 Å². The third-order valence-electron chi connectivity index (χ3n) is 3.03. The molecule has 3 fully saturated rings. The summed E-state index contributed by atoms with van der Waals surface area (Å²) >= 11 is 0. The second-order valence-corrected chi connectivity index (χ2v) is 4.00. The zero-order valence-corrected chi connectivity index (χ0v) is 8.78. The number of rotatable bonds is 3. The molecular weight excluding hydrogens is 176 g/mol. The molecule has 3 heterocycles. The molecule has 3 rings (SSSR count). The largest absolute Gasteiger partial charge is 0.392 e. The van der Waals surface area contributed by atoms with E-state index in [1.54, 1.807) is 0 Å². The fraction of sp³-hybridized carbons (Fsp3) is 0.727. The lowest BCUT2D eigenvalue weighted by atomic mass is 9.87. The first-order valence-electron chi connectivity index (χ1n) is 5.42. The van der Waals surface area contributed by atoms with Gasteiger partial charge in [-0.25, -0.2) is 0 Å². The number of fused-ring (bicyclic) bond motifs is 3. The fourth-order valence-corrected chi connectivity index (χ4v) is 2.15. The van der Waals surface area contributed by atoms with E-state index in [0.717, 1.165) is 6.54 Å². The molecule has 0 aromatic heterocycles. The van der Waals surface area contributed by atoms with Crippen LogP contribution in [0.5, 0.6) is 0 Å². The lowest BCUT2D eigenvalue weighted by Crippen LogP contribution is -2.47. The molecule has 0 aliphatic carbocycles. The highest BCUT2D eigenvalue weighted by molar-refractivity contribution is 5.89. The Morgan fingerprint density at radius 1 is 1.50 bits per heavy atom. The Balaban J connectivity index is 1.85. The van der Waals surface area contributed by atoms with E-state index in [4.69, 9.17) is 4.84 Å². The summed E-state index contributed by atoms with van der Waals surface area (Å²) in [5.41, 5.74) is 1.26. The monoisotopic (exact) mass is 194 g/mol.